The second-order valence-corrected chi connectivity index (χ2v) is 10.7. The quantitative estimate of drug-likeness (QED) is 0.757. The third kappa shape index (κ3) is 2.36. The molecule has 6 unspecified atom stereocenters. The van der Waals surface area contributed by atoms with E-state index in [1.54, 1.807) is 0 Å². The van der Waals surface area contributed by atoms with Crippen LogP contribution in [0.5, 0.6) is 0 Å². The second-order valence-electron chi connectivity index (χ2n) is 10.7. The molecular weight excluding hydrogens is 328 g/mol. The molecule has 4 heteroatoms. The Kier molecular flexibility index (Phi) is 3.95. The molecule has 4 fully saturated rings. The van der Waals surface area contributed by atoms with Gasteiger partial charge in [-0.1, -0.05) is 20.8 Å². The van der Waals surface area contributed by atoms with E-state index in [-0.39, 0.29) is 34.7 Å². The molecule has 2 bridgehead atoms. The van der Waals surface area contributed by atoms with Crippen LogP contribution in [0.1, 0.15) is 79.1 Å². The normalized spacial score (nSPS) is 49.3. The van der Waals surface area contributed by atoms with Crippen molar-refractivity contribution in [3.05, 3.63) is 0 Å². The molecule has 4 nitrogen and oxygen atoms in total. The van der Waals surface area contributed by atoms with Gasteiger partial charge in [0.25, 0.3) is 0 Å². The van der Waals surface area contributed by atoms with Gasteiger partial charge in [-0.2, -0.15) is 0 Å². The van der Waals surface area contributed by atoms with Gasteiger partial charge in [-0.25, -0.2) is 0 Å². The summed E-state index contributed by atoms with van der Waals surface area (Å²) >= 11 is 0. The van der Waals surface area contributed by atoms with E-state index in [2.05, 4.69) is 20.8 Å². The Balaban J connectivity index is 1.64. The molecule has 1 spiro atoms. The first-order valence-corrected chi connectivity index (χ1v) is 10.4. The lowest BCUT2D eigenvalue weighted by Gasteiger charge is -2.63. The van der Waals surface area contributed by atoms with E-state index >= 15 is 0 Å². The third-order valence-corrected chi connectivity index (χ3v) is 9.14. The zero-order chi connectivity index (χ0) is 19.0. The minimum atomic E-state index is -0.858. The number of fused-ring (bicyclic) bond motifs is 3. The topological polar surface area (TPSA) is 63.6 Å². The van der Waals surface area contributed by atoms with Crippen LogP contribution < -0.4 is 0 Å². The fraction of sp³-hybridized carbons (Fsp3) is 0.909. The van der Waals surface area contributed by atoms with E-state index in [1.165, 1.54) is 6.92 Å². The first kappa shape index (κ1) is 18.5. The highest BCUT2D eigenvalue weighted by Crippen LogP contribution is 2.72. The van der Waals surface area contributed by atoms with Crippen molar-refractivity contribution >= 4 is 11.8 Å². The Hall–Kier alpha value is -0.900. The number of hydrogen-bond donors (Lipinski definition) is 1. The first-order valence-electron chi connectivity index (χ1n) is 10.4. The fourth-order valence-electron chi connectivity index (χ4n) is 8.04. The molecule has 0 radical (unpaired) electrons. The van der Waals surface area contributed by atoms with Crippen LogP contribution in [-0.2, 0) is 14.3 Å². The minimum Gasteiger partial charge on any atom is -0.463 e. The minimum absolute atomic E-state index is 0.144. The molecule has 0 aliphatic heterocycles. The van der Waals surface area contributed by atoms with E-state index < -0.39 is 5.60 Å². The number of aliphatic hydroxyl groups is 1. The van der Waals surface area contributed by atoms with Gasteiger partial charge in [-0.15, -0.1) is 0 Å². The van der Waals surface area contributed by atoms with Gasteiger partial charge in [0, 0.05) is 18.8 Å². The number of carbonyl (C=O) groups excluding carboxylic acids is 2. The van der Waals surface area contributed by atoms with Crippen molar-refractivity contribution in [1.82, 2.24) is 0 Å². The largest absolute Gasteiger partial charge is 0.463 e. The number of carbonyl (C=O) groups is 2. The lowest BCUT2D eigenvalue weighted by molar-refractivity contribution is -0.165. The Labute approximate surface area is 157 Å². The summed E-state index contributed by atoms with van der Waals surface area (Å²) in [5.41, 5.74) is -0.728. The summed E-state index contributed by atoms with van der Waals surface area (Å²) in [6, 6.07) is 0. The molecule has 0 saturated heterocycles. The number of ether oxygens (including phenoxy) is 1. The van der Waals surface area contributed by atoms with Crippen LogP contribution in [0.2, 0.25) is 0 Å². The van der Waals surface area contributed by atoms with E-state index in [1.807, 2.05) is 0 Å². The van der Waals surface area contributed by atoms with E-state index in [0.29, 0.717) is 24.0 Å². The number of esters is 1. The van der Waals surface area contributed by atoms with Crippen LogP contribution in [-0.4, -0.2) is 29.1 Å². The van der Waals surface area contributed by atoms with Crippen molar-refractivity contribution in [1.29, 1.82) is 0 Å². The smallest absolute Gasteiger partial charge is 0.302 e. The summed E-state index contributed by atoms with van der Waals surface area (Å²) < 4.78 is 5.26. The van der Waals surface area contributed by atoms with Gasteiger partial charge in [0.2, 0.25) is 0 Å². The van der Waals surface area contributed by atoms with Crippen molar-refractivity contribution < 1.29 is 19.4 Å². The van der Waals surface area contributed by atoms with Crippen LogP contribution in [0.15, 0.2) is 0 Å². The van der Waals surface area contributed by atoms with Crippen LogP contribution in [0.4, 0.5) is 0 Å². The molecule has 1 N–H and O–H groups in total. The fourth-order valence-corrected chi connectivity index (χ4v) is 8.04. The van der Waals surface area contributed by atoms with E-state index in [0.717, 1.165) is 44.9 Å². The highest BCUT2D eigenvalue weighted by Gasteiger charge is 2.68. The monoisotopic (exact) mass is 362 g/mol. The third-order valence-electron chi connectivity index (χ3n) is 9.14. The molecule has 146 valence electrons. The van der Waals surface area contributed by atoms with Crippen LogP contribution in [0.3, 0.4) is 0 Å². The first-order chi connectivity index (χ1) is 12.0. The Bertz CT molecular complexity index is 640. The van der Waals surface area contributed by atoms with Crippen molar-refractivity contribution in [2.75, 3.05) is 6.61 Å². The van der Waals surface area contributed by atoms with E-state index in [4.69, 9.17) is 4.74 Å². The highest BCUT2D eigenvalue weighted by atomic mass is 16.5. The molecule has 4 aliphatic rings. The zero-order valence-electron chi connectivity index (χ0n) is 16.8. The SMILES string of the molecule is CC(=O)OCC1(O)CC23CCC4C(C)(C)C(=O)CCC4(C)C2CCC1C3. The van der Waals surface area contributed by atoms with Gasteiger partial charge in [0.15, 0.2) is 0 Å². The van der Waals surface area contributed by atoms with Crippen LogP contribution in [0, 0.1) is 34.0 Å². The molecule has 6 atom stereocenters. The maximum absolute atomic E-state index is 12.6. The number of hydrogen-bond acceptors (Lipinski definition) is 4. The van der Waals surface area contributed by atoms with Crippen LogP contribution in [0.25, 0.3) is 0 Å². The summed E-state index contributed by atoms with van der Waals surface area (Å²) in [4.78, 5) is 23.9. The average Bonchev–Trinajstić information content (AvgIpc) is 2.76. The molecule has 4 aliphatic carbocycles. The molecule has 26 heavy (non-hydrogen) atoms. The summed E-state index contributed by atoms with van der Waals surface area (Å²) in [6.07, 6.45) is 7.87. The second kappa shape index (κ2) is 5.56. The Morgan fingerprint density at radius 3 is 2.58 bits per heavy atom. The number of Topliss-reactive ketones (excluding diaryl/α,β-unsaturated/α-hetero) is 1. The van der Waals surface area contributed by atoms with Crippen molar-refractivity contribution in [2.24, 2.45) is 34.0 Å². The molecule has 0 heterocycles. The van der Waals surface area contributed by atoms with Gasteiger partial charge >= 0.3 is 5.97 Å². The van der Waals surface area contributed by atoms with Gasteiger partial charge in [-0.3, -0.25) is 9.59 Å². The van der Waals surface area contributed by atoms with Gasteiger partial charge < -0.3 is 9.84 Å². The van der Waals surface area contributed by atoms with Crippen LogP contribution >= 0.6 is 0 Å². The number of rotatable bonds is 2. The lowest BCUT2D eigenvalue weighted by Crippen LogP contribution is -2.58. The summed E-state index contributed by atoms with van der Waals surface area (Å²) in [5, 5.41) is 11.3. The summed E-state index contributed by atoms with van der Waals surface area (Å²) in [7, 11) is 0. The standard InChI is InChI=1S/C22H34O4/c1-14(23)26-13-22(25)12-21-10-7-16-19(2,3)18(24)8-9-20(16,4)17(21)6-5-15(22)11-21/h15-17,25H,5-13H2,1-4H3. The predicted molar refractivity (Wildman–Crippen MR) is 98.3 cm³/mol. The molecular formula is C22H34O4. The predicted octanol–water partition coefficient (Wildman–Crippen LogP) is 3.89. The Morgan fingerprint density at radius 2 is 1.88 bits per heavy atom. The van der Waals surface area contributed by atoms with Gasteiger partial charge in [0.1, 0.15) is 18.0 Å². The van der Waals surface area contributed by atoms with Crippen molar-refractivity contribution in [3.8, 4) is 0 Å². The molecule has 0 aromatic heterocycles. The van der Waals surface area contributed by atoms with Gasteiger partial charge in [0.05, 0.1) is 0 Å². The summed E-state index contributed by atoms with van der Waals surface area (Å²) in [6.45, 7) is 8.31. The lowest BCUT2D eigenvalue weighted by atomic mass is 9.41. The van der Waals surface area contributed by atoms with Crippen molar-refractivity contribution in [3.63, 3.8) is 0 Å². The Morgan fingerprint density at radius 1 is 1.15 bits per heavy atom. The number of ketones is 1. The molecule has 4 rings (SSSR count). The molecule has 0 aromatic rings. The van der Waals surface area contributed by atoms with Crippen molar-refractivity contribution in [2.45, 2.75) is 84.7 Å². The average molecular weight is 363 g/mol. The van der Waals surface area contributed by atoms with Gasteiger partial charge in [-0.05, 0) is 73.5 Å². The maximum Gasteiger partial charge on any atom is 0.302 e. The zero-order valence-corrected chi connectivity index (χ0v) is 16.8. The van der Waals surface area contributed by atoms with E-state index in [9.17, 15) is 14.7 Å². The molecule has 0 amide bonds. The summed E-state index contributed by atoms with van der Waals surface area (Å²) in [5.74, 6) is 1.39. The maximum atomic E-state index is 12.6. The molecule has 4 saturated carbocycles. The highest BCUT2D eigenvalue weighted by molar-refractivity contribution is 5.85. The molecule has 0 aromatic carbocycles.